The van der Waals surface area contributed by atoms with Crippen LogP contribution in [0.3, 0.4) is 0 Å². The maximum absolute atomic E-state index is 5.67. The molecule has 0 fully saturated rings. The number of aryl methyl sites for hydroxylation is 3. The highest BCUT2D eigenvalue weighted by molar-refractivity contribution is 5.74. The maximum Gasteiger partial charge on any atom is 0.129 e. The summed E-state index contributed by atoms with van der Waals surface area (Å²) in [5, 5.41) is 4.49. The summed E-state index contributed by atoms with van der Waals surface area (Å²) in [4.78, 5) is 0. The Morgan fingerprint density at radius 2 is 2.00 bits per heavy atom. The van der Waals surface area contributed by atoms with Crippen LogP contribution in [0.2, 0.25) is 0 Å². The van der Waals surface area contributed by atoms with E-state index in [1.807, 2.05) is 17.9 Å². The molecule has 0 spiro atoms. The number of rotatable bonds is 4. The Hall–Kier alpha value is -1.81. The highest BCUT2D eigenvalue weighted by atomic mass is 16.5. The summed E-state index contributed by atoms with van der Waals surface area (Å²) >= 11 is 0. The predicted octanol–water partition coefficient (Wildman–Crippen LogP) is 2.21. The van der Waals surface area contributed by atoms with Gasteiger partial charge in [-0.15, -0.1) is 0 Å². The molecular weight excluding hydrogens is 238 g/mol. The molecular formula is C15H21N3O. The van der Waals surface area contributed by atoms with E-state index in [0.717, 1.165) is 34.6 Å². The van der Waals surface area contributed by atoms with Crippen LogP contribution in [0.25, 0.3) is 11.1 Å². The molecule has 0 saturated heterocycles. The van der Waals surface area contributed by atoms with Gasteiger partial charge in [0.05, 0.1) is 12.8 Å². The molecule has 4 nitrogen and oxygen atoms in total. The Morgan fingerprint density at radius 1 is 1.26 bits per heavy atom. The molecule has 1 heterocycles. The molecule has 1 aromatic carbocycles. The lowest BCUT2D eigenvalue weighted by molar-refractivity contribution is 0.413. The summed E-state index contributed by atoms with van der Waals surface area (Å²) in [6.07, 6.45) is 2.80. The van der Waals surface area contributed by atoms with Crippen molar-refractivity contribution in [3.8, 4) is 16.9 Å². The largest absolute Gasteiger partial charge is 0.496 e. The van der Waals surface area contributed by atoms with Crippen molar-refractivity contribution in [2.24, 2.45) is 12.8 Å². The molecule has 0 aliphatic carbocycles. The monoisotopic (exact) mass is 259 g/mol. The zero-order valence-corrected chi connectivity index (χ0v) is 12.0. The van der Waals surface area contributed by atoms with Gasteiger partial charge in [0, 0.05) is 30.8 Å². The highest BCUT2D eigenvalue weighted by Gasteiger charge is 2.15. The molecule has 2 aromatic rings. The zero-order chi connectivity index (χ0) is 14.0. The minimum Gasteiger partial charge on any atom is -0.496 e. The molecule has 1 aromatic heterocycles. The third-order valence-electron chi connectivity index (χ3n) is 3.20. The highest BCUT2D eigenvalue weighted by Crippen LogP contribution is 2.35. The fourth-order valence-corrected chi connectivity index (χ4v) is 2.51. The first kappa shape index (κ1) is 13.6. The number of hydrogen-bond acceptors (Lipinski definition) is 3. The van der Waals surface area contributed by atoms with E-state index in [2.05, 4.69) is 31.1 Å². The van der Waals surface area contributed by atoms with Gasteiger partial charge < -0.3 is 10.5 Å². The van der Waals surface area contributed by atoms with Gasteiger partial charge in [-0.25, -0.2) is 0 Å². The van der Waals surface area contributed by atoms with Crippen molar-refractivity contribution in [3.05, 3.63) is 35.2 Å². The molecule has 0 bridgehead atoms. The molecule has 0 amide bonds. The van der Waals surface area contributed by atoms with Crippen LogP contribution in [-0.2, 0) is 13.5 Å². The average molecular weight is 259 g/mol. The maximum atomic E-state index is 5.67. The van der Waals surface area contributed by atoms with Crippen molar-refractivity contribution in [2.75, 3.05) is 13.7 Å². The van der Waals surface area contributed by atoms with Crippen LogP contribution in [-0.4, -0.2) is 23.4 Å². The number of hydrogen-bond donors (Lipinski definition) is 1. The number of methoxy groups -OCH3 is 1. The van der Waals surface area contributed by atoms with Crippen LogP contribution < -0.4 is 10.5 Å². The standard InChI is InChI=1S/C15H21N3O/c1-10-7-11(2)15(19-4)12(8-10)13-9-18(3)17-14(13)5-6-16/h7-9H,5-6,16H2,1-4H3. The second kappa shape index (κ2) is 5.45. The second-order valence-electron chi connectivity index (χ2n) is 4.86. The number of nitrogens with zero attached hydrogens (tertiary/aromatic N) is 2. The van der Waals surface area contributed by atoms with Crippen LogP contribution in [0.5, 0.6) is 5.75 Å². The topological polar surface area (TPSA) is 53.1 Å². The normalized spacial score (nSPS) is 10.8. The SMILES string of the molecule is COc1c(C)cc(C)cc1-c1cn(C)nc1CCN. The van der Waals surface area contributed by atoms with Crippen LogP contribution in [0.1, 0.15) is 16.8 Å². The van der Waals surface area contributed by atoms with E-state index in [1.54, 1.807) is 7.11 Å². The third-order valence-corrected chi connectivity index (χ3v) is 3.20. The lowest BCUT2D eigenvalue weighted by Gasteiger charge is -2.12. The number of benzene rings is 1. The summed E-state index contributed by atoms with van der Waals surface area (Å²) in [6, 6.07) is 4.27. The smallest absolute Gasteiger partial charge is 0.129 e. The van der Waals surface area contributed by atoms with Gasteiger partial charge in [0.2, 0.25) is 0 Å². The third kappa shape index (κ3) is 2.63. The minimum absolute atomic E-state index is 0.594. The molecule has 19 heavy (non-hydrogen) atoms. The molecule has 0 aliphatic rings. The van der Waals surface area contributed by atoms with Gasteiger partial charge in [0.25, 0.3) is 0 Å². The van der Waals surface area contributed by atoms with Gasteiger partial charge in [0.15, 0.2) is 0 Å². The van der Waals surface area contributed by atoms with E-state index >= 15 is 0 Å². The first-order valence-corrected chi connectivity index (χ1v) is 6.45. The lowest BCUT2D eigenvalue weighted by Crippen LogP contribution is -2.05. The lowest BCUT2D eigenvalue weighted by atomic mass is 9.98. The van der Waals surface area contributed by atoms with Crippen molar-refractivity contribution in [1.82, 2.24) is 9.78 Å². The van der Waals surface area contributed by atoms with Gasteiger partial charge >= 0.3 is 0 Å². The first-order valence-electron chi connectivity index (χ1n) is 6.45. The van der Waals surface area contributed by atoms with Gasteiger partial charge in [-0.2, -0.15) is 5.10 Å². The molecule has 102 valence electrons. The first-order chi connectivity index (χ1) is 9.06. The molecule has 2 rings (SSSR count). The van der Waals surface area contributed by atoms with E-state index < -0.39 is 0 Å². The Bertz CT molecular complexity index is 587. The van der Waals surface area contributed by atoms with Crippen molar-refractivity contribution in [2.45, 2.75) is 20.3 Å². The molecule has 0 aliphatic heterocycles. The number of aromatic nitrogens is 2. The average Bonchev–Trinajstić information content (AvgIpc) is 2.70. The minimum atomic E-state index is 0.594. The summed E-state index contributed by atoms with van der Waals surface area (Å²) in [6.45, 7) is 4.75. The van der Waals surface area contributed by atoms with E-state index in [1.165, 1.54) is 5.56 Å². The zero-order valence-electron chi connectivity index (χ0n) is 12.0. The fraction of sp³-hybridized carbons (Fsp3) is 0.400. The van der Waals surface area contributed by atoms with Gasteiger partial charge in [-0.1, -0.05) is 6.07 Å². The van der Waals surface area contributed by atoms with Gasteiger partial charge in [-0.3, -0.25) is 4.68 Å². The van der Waals surface area contributed by atoms with Crippen LogP contribution in [0.15, 0.2) is 18.3 Å². The predicted molar refractivity (Wildman–Crippen MR) is 77.4 cm³/mol. The summed E-state index contributed by atoms with van der Waals surface area (Å²) in [5.41, 5.74) is 11.2. The summed E-state index contributed by atoms with van der Waals surface area (Å²) in [7, 11) is 3.64. The van der Waals surface area contributed by atoms with E-state index in [4.69, 9.17) is 10.5 Å². The van der Waals surface area contributed by atoms with Crippen LogP contribution in [0.4, 0.5) is 0 Å². The molecule has 0 radical (unpaired) electrons. The van der Waals surface area contributed by atoms with Crippen LogP contribution >= 0.6 is 0 Å². The summed E-state index contributed by atoms with van der Waals surface area (Å²) in [5.74, 6) is 0.914. The molecule has 2 N–H and O–H groups in total. The van der Waals surface area contributed by atoms with E-state index in [-0.39, 0.29) is 0 Å². The Kier molecular flexibility index (Phi) is 3.90. The molecule has 4 heteroatoms. The van der Waals surface area contributed by atoms with Crippen molar-refractivity contribution >= 4 is 0 Å². The second-order valence-corrected chi connectivity index (χ2v) is 4.86. The number of ether oxygens (including phenoxy) is 1. The van der Waals surface area contributed by atoms with Crippen LogP contribution in [0, 0.1) is 13.8 Å². The molecule has 0 atom stereocenters. The van der Waals surface area contributed by atoms with Gasteiger partial charge in [-0.05, 0) is 37.6 Å². The fourth-order valence-electron chi connectivity index (χ4n) is 2.51. The van der Waals surface area contributed by atoms with Crippen molar-refractivity contribution < 1.29 is 4.74 Å². The van der Waals surface area contributed by atoms with E-state index in [0.29, 0.717) is 6.54 Å². The van der Waals surface area contributed by atoms with Crippen molar-refractivity contribution in [3.63, 3.8) is 0 Å². The Morgan fingerprint density at radius 3 is 2.63 bits per heavy atom. The van der Waals surface area contributed by atoms with Crippen molar-refractivity contribution in [1.29, 1.82) is 0 Å². The van der Waals surface area contributed by atoms with Gasteiger partial charge in [0.1, 0.15) is 5.75 Å². The quantitative estimate of drug-likeness (QED) is 0.916. The molecule has 0 unspecified atom stereocenters. The molecule has 0 saturated carbocycles. The Labute approximate surface area is 114 Å². The van der Waals surface area contributed by atoms with E-state index in [9.17, 15) is 0 Å². The summed E-state index contributed by atoms with van der Waals surface area (Å²) < 4.78 is 7.39. The number of nitrogens with two attached hydrogens (primary N) is 1. The Balaban J connectivity index is 2.63.